The van der Waals surface area contributed by atoms with E-state index >= 15 is 0 Å². The lowest BCUT2D eigenvalue weighted by Gasteiger charge is -2.26. The first-order chi connectivity index (χ1) is 4.86. The molecule has 56 valence electrons. The minimum atomic E-state index is -0.308. The molecule has 0 bridgehead atoms. The predicted molar refractivity (Wildman–Crippen MR) is 40.2 cm³/mol. The summed E-state index contributed by atoms with van der Waals surface area (Å²) in [6.07, 6.45) is 0.450. The van der Waals surface area contributed by atoms with E-state index < -0.39 is 0 Å². The maximum Gasteiger partial charge on any atom is 0.131 e. The Morgan fingerprint density at radius 3 is 3.50 bits per heavy atom. The molecular formula is C6H9NO2S. The van der Waals surface area contributed by atoms with E-state index in [1.54, 1.807) is 11.8 Å². The van der Waals surface area contributed by atoms with Gasteiger partial charge in [0.25, 0.3) is 0 Å². The van der Waals surface area contributed by atoms with Crippen LogP contribution in [0.15, 0.2) is 4.99 Å². The summed E-state index contributed by atoms with van der Waals surface area (Å²) in [4.78, 5) is 4.16. The van der Waals surface area contributed by atoms with Crippen LogP contribution in [-0.4, -0.2) is 34.8 Å². The molecule has 0 spiro atoms. The van der Waals surface area contributed by atoms with Crippen molar-refractivity contribution in [2.24, 2.45) is 4.99 Å². The third-order valence-electron chi connectivity index (χ3n) is 1.73. The number of fused-ring (bicyclic) bond motifs is 1. The molecule has 1 saturated heterocycles. The molecule has 2 aliphatic rings. The van der Waals surface area contributed by atoms with Gasteiger partial charge in [-0.2, -0.15) is 0 Å². The van der Waals surface area contributed by atoms with Crippen molar-refractivity contribution in [3.63, 3.8) is 0 Å². The van der Waals surface area contributed by atoms with Crippen LogP contribution >= 0.6 is 11.8 Å². The zero-order valence-corrected chi connectivity index (χ0v) is 6.25. The molecule has 0 aromatic rings. The van der Waals surface area contributed by atoms with Gasteiger partial charge in [-0.15, -0.1) is 0 Å². The average molecular weight is 159 g/mol. The summed E-state index contributed by atoms with van der Waals surface area (Å²) in [5.41, 5.74) is 2.00. The molecule has 1 fully saturated rings. The van der Waals surface area contributed by atoms with Crippen molar-refractivity contribution < 1.29 is 9.84 Å². The molecule has 2 heterocycles. The minimum Gasteiger partial charge on any atom is -0.391 e. The second kappa shape index (κ2) is 2.53. The Balaban J connectivity index is 2.01. The molecule has 0 amide bonds. The highest BCUT2D eigenvalue weighted by Crippen LogP contribution is 2.29. The standard InChI is InChI=1S/C6H9NO2S/c8-4-1-5-6(9-2-4)10-3-7-5/h3-6,8H,1-2H2. The first-order valence-electron chi connectivity index (χ1n) is 3.33. The van der Waals surface area contributed by atoms with Crippen LogP contribution in [0.3, 0.4) is 0 Å². The number of thioether (sulfide) groups is 1. The summed E-state index contributed by atoms with van der Waals surface area (Å²) in [6, 6.07) is 0.203. The van der Waals surface area contributed by atoms with Gasteiger partial charge in [-0.05, 0) is 0 Å². The Morgan fingerprint density at radius 1 is 1.70 bits per heavy atom. The van der Waals surface area contributed by atoms with Gasteiger partial charge in [-0.1, -0.05) is 11.8 Å². The highest BCUT2D eigenvalue weighted by atomic mass is 32.2. The number of hydrogen-bond donors (Lipinski definition) is 1. The predicted octanol–water partition coefficient (Wildman–Crippen LogP) is 0.237. The van der Waals surface area contributed by atoms with Gasteiger partial charge in [0.05, 0.1) is 24.3 Å². The highest BCUT2D eigenvalue weighted by Gasteiger charge is 2.32. The SMILES string of the molecule is OC1COC2SC=NC2C1. The summed E-state index contributed by atoms with van der Waals surface area (Å²) < 4.78 is 5.30. The zero-order chi connectivity index (χ0) is 6.97. The molecule has 0 aromatic carbocycles. The number of rotatable bonds is 0. The highest BCUT2D eigenvalue weighted by molar-refractivity contribution is 8.12. The van der Waals surface area contributed by atoms with Crippen LogP contribution in [0.2, 0.25) is 0 Å². The van der Waals surface area contributed by atoms with Crippen molar-refractivity contribution in [1.29, 1.82) is 0 Å². The van der Waals surface area contributed by atoms with Crippen molar-refractivity contribution in [3.8, 4) is 0 Å². The van der Waals surface area contributed by atoms with Gasteiger partial charge >= 0.3 is 0 Å². The molecule has 3 unspecified atom stereocenters. The van der Waals surface area contributed by atoms with Gasteiger partial charge < -0.3 is 9.84 Å². The van der Waals surface area contributed by atoms with E-state index in [4.69, 9.17) is 9.84 Å². The molecule has 1 N–H and O–H groups in total. The Labute approximate surface area is 63.5 Å². The van der Waals surface area contributed by atoms with Gasteiger partial charge in [0.1, 0.15) is 5.44 Å². The summed E-state index contributed by atoms with van der Waals surface area (Å²) in [5.74, 6) is 0. The number of aliphatic hydroxyl groups is 1. The summed E-state index contributed by atoms with van der Waals surface area (Å²) in [5, 5.41) is 9.15. The van der Waals surface area contributed by atoms with Crippen LogP contribution in [-0.2, 0) is 4.74 Å². The quantitative estimate of drug-likeness (QED) is 0.550. The lowest BCUT2D eigenvalue weighted by atomic mass is 10.1. The summed E-state index contributed by atoms with van der Waals surface area (Å²) >= 11 is 1.60. The normalized spacial score (nSPS) is 45.5. The molecule has 10 heavy (non-hydrogen) atoms. The van der Waals surface area contributed by atoms with Crippen molar-refractivity contribution in [2.75, 3.05) is 6.61 Å². The molecule has 3 atom stereocenters. The van der Waals surface area contributed by atoms with Gasteiger partial charge in [0.2, 0.25) is 0 Å². The third-order valence-corrected chi connectivity index (χ3v) is 2.69. The van der Waals surface area contributed by atoms with Crippen LogP contribution < -0.4 is 0 Å². The number of ether oxygens (including phenoxy) is 1. The van der Waals surface area contributed by atoms with Crippen molar-refractivity contribution in [3.05, 3.63) is 0 Å². The first-order valence-corrected chi connectivity index (χ1v) is 4.27. The molecule has 0 aliphatic carbocycles. The van der Waals surface area contributed by atoms with Crippen LogP contribution in [0.1, 0.15) is 6.42 Å². The number of aliphatic imine (C=N–C) groups is 1. The van der Waals surface area contributed by atoms with Gasteiger partial charge in [0.15, 0.2) is 0 Å². The van der Waals surface area contributed by atoms with Crippen LogP contribution in [0.4, 0.5) is 0 Å². The van der Waals surface area contributed by atoms with E-state index in [1.165, 1.54) is 0 Å². The zero-order valence-electron chi connectivity index (χ0n) is 5.43. The molecule has 3 nitrogen and oxygen atoms in total. The number of aliphatic hydroxyl groups excluding tert-OH is 1. The maximum atomic E-state index is 9.15. The Bertz CT molecular complexity index is 162. The van der Waals surface area contributed by atoms with Crippen LogP contribution in [0.5, 0.6) is 0 Å². The van der Waals surface area contributed by atoms with Gasteiger partial charge in [0, 0.05) is 6.42 Å². The fourth-order valence-corrected chi connectivity index (χ4v) is 2.08. The number of hydrogen-bond acceptors (Lipinski definition) is 4. The topological polar surface area (TPSA) is 41.8 Å². The second-order valence-corrected chi connectivity index (χ2v) is 3.50. The summed E-state index contributed by atoms with van der Waals surface area (Å²) in [7, 11) is 0. The monoisotopic (exact) mass is 159 g/mol. The van der Waals surface area contributed by atoms with E-state index in [0.717, 1.165) is 6.42 Å². The van der Waals surface area contributed by atoms with E-state index in [0.29, 0.717) is 6.61 Å². The maximum absolute atomic E-state index is 9.15. The molecule has 2 rings (SSSR count). The lowest BCUT2D eigenvalue weighted by Crippen LogP contribution is -2.36. The van der Waals surface area contributed by atoms with E-state index in [2.05, 4.69) is 4.99 Å². The van der Waals surface area contributed by atoms with Crippen molar-refractivity contribution >= 4 is 17.3 Å². The average Bonchev–Trinajstić information content (AvgIpc) is 2.33. The van der Waals surface area contributed by atoms with Gasteiger partial charge in [-0.3, -0.25) is 4.99 Å². The van der Waals surface area contributed by atoms with E-state index in [9.17, 15) is 0 Å². The van der Waals surface area contributed by atoms with Crippen LogP contribution in [0.25, 0.3) is 0 Å². The molecule has 2 aliphatic heterocycles. The summed E-state index contributed by atoms with van der Waals surface area (Å²) in [6.45, 7) is 0.470. The third kappa shape index (κ3) is 1.07. The van der Waals surface area contributed by atoms with E-state index in [-0.39, 0.29) is 17.6 Å². The largest absolute Gasteiger partial charge is 0.391 e. The molecule has 0 radical (unpaired) electrons. The molecule has 0 aromatic heterocycles. The van der Waals surface area contributed by atoms with Crippen LogP contribution in [0, 0.1) is 0 Å². The number of nitrogens with zero attached hydrogens (tertiary/aromatic N) is 1. The first kappa shape index (κ1) is 6.64. The smallest absolute Gasteiger partial charge is 0.131 e. The molecule has 4 heteroatoms. The van der Waals surface area contributed by atoms with E-state index in [1.807, 2.05) is 5.55 Å². The van der Waals surface area contributed by atoms with Crippen molar-refractivity contribution in [1.82, 2.24) is 0 Å². The van der Waals surface area contributed by atoms with Crippen molar-refractivity contribution in [2.45, 2.75) is 24.0 Å². The van der Waals surface area contributed by atoms with Gasteiger partial charge in [-0.25, -0.2) is 0 Å². The fraction of sp³-hybridized carbons (Fsp3) is 0.833. The Morgan fingerprint density at radius 2 is 2.60 bits per heavy atom. The molecular weight excluding hydrogens is 150 g/mol. The minimum absolute atomic E-state index is 0.184. The lowest BCUT2D eigenvalue weighted by molar-refractivity contribution is -0.0280. The molecule has 0 saturated carbocycles. The fourth-order valence-electron chi connectivity index (χ4n) is 1.21. The Hall–Kier alpha value is -0.0600. The Kier molecular flexibility index (Phi) is 1.68. The second-order valence-electron chi connectivity index (χ2n) is 2.55.